The summed E-state index contributed by atoms with van der Waals surface area (Å²) < 4.78 is 16.1. The molecule has 0 saturated carbocycles. The van der Waals surface area contributed by atoms with Gasteiger partial charge in [0.25, 0.3) is 5.91 Å². The third-order valence-electron chi connectivity index (χ3n) is 4.32. The molecule has 0 aliphatic carbocycles. The van der Waals surface area contributed by atoms with Crippen molar-refractivity contribution in [1.82, 2.24) is 9.88 Å². The van der Waals surface area contributed by atoms with Crippen molar-refractivity contribution in [2.45, 2.75) is 19.1 Å². The second-order valence-corrected chi connectivity index (χ2v) is 5.42. The predicted molar refractivity (Wildman–Crippen MR) is 68.4 cm³/mol. The molecule has 4 heterocycles. The molecule has 2 saturated heterocycles. The Balaban J connectivity index is 1.47. The Bertz CT molecular complexity index is 547. The molecule has 20 heavy (non-hydrogen) atoms. The van der Waals surface area contributed by atoms with E-state index in [-0.39, 0.29) is 24.2 Å². The van der Waals surface area contributed by atoms with E-state index in [9.17, 15) is 4.79 Å². The van der Waals surface area contributed by atoms with Crippen molar-refractivity contribution in [3.63, 3.8) is 0 Å². The van der Waals surface area contributed by atoms with Crippen LogP contribution < -0.4 is 4.74 Å². The topological polar surface area (TPSA) is 64.8 Å². The van der Waals surface area contributed by atoms with Gasteiger partial charge in [-0.3, -0.25) is 4.79 Å². The van der Waals surface area contributed by atoms with Crippen LogP contribution in [-0.4, -0.2) is 47.7 Å². The molecule has 2 fully saturated rings. The van der Waals surface area contributed by atoms with Crippen molar-refractivity contribution in [3.05, 3.63) is 24.1 Å². The Morgan fingerprint density at radius 3 is 2.75 bits per heavy atom. The molecule has 6 nitrogen and oxygen atoms in total. The van der Waals surface area contributed by atoms with E-state index in [1.165, 1.54) is 6.26 Å². The zero-order valence-electron chi connectivity index (χ0n) is 11.2. The minimum absolute atomic E-state index is 0.0893. The number of carbonyl (C=O) groups excluding carboxylic acids is 1. The highest BCUT2D eigenvalue weighted by molar-refractivity contribution is 5.92. The fourth-order valence-electron chi connectivity index (χ4n) is 3.40. The molecule has 6 heteroatoms. The number of nitrogens with zero attached hydrogens (tertiary/aromatic N) is 2. The smallest absolute Gasteiger partial charge is 0.394 e. The average molecular weight is 276 g/mol. The second-order valence-electron chi connectivity index (χ2n) is 5.42. The molecule has 2 bridgehead atoms. The lowest BCUT2D eigenvalue weighted by Gasteiger charge is -2.17. The van der Waals surface area contributed by atoms with E-state index in [2.05, 4.69) is 17.1 Å². The van der Waals surface area contributed by atoms with Crippen LogP contribution in [0.3, 0.4) is 0 Å². The normalized spacial score (nSPS) is 33.8. The third-order valence-corrected chi connectivity index (χ3v) is 4.32. The van der Waals surface area contributed by atoms with Crippen molar-refractivity contribution in [1.29, 1.82) is 0 Å². The van der Waals surface area contributed by atoms with Crippen molar-refractivity contribution >= 4 is 5.91 Å². The number of amides is 1. The average Bonchev–Trinajstić information content (AvgIpc) is 3.19. The highest BCUT2D eigenvalue weighted by atomic mass is 16.6. The van der Waals surface area contributed by atoms with Crippen LogP contribution in [0.15, 0.2) is 22.8 Å². The van der Waals surface area contributed by atoms with Gasteiger partial charge in [0.05, 0.1) is 18.8 Å². The van der Waals surface area contributed by atoms with Crippen LogP contribution in [0, 0.1) is 11.8 Å². The van der Waals surface area contributed by atoms with Gasteiger partial charge in [-0.1, -0.05) is 12.2 Å². The molecule has 4 unspecified atom stereocenters. The Morgan fingerprint density at radius 1 is 1.40 bits per heavy atom. The number of rotatable bonds is 3. The summed E-state index contributed by atoms with van der Waals surface area (Å²) in [5, 5.41) is 0. The SMILES string of the molecule is CCOc1nc(C(=O)N2CC3C4C=CC(O4)C3C2)co1. The molecule has 0 aromatic carbocycles. The summed E-state index contributed by atoms with van der Waals surface area (Å²) >= 11 is 0. The fourth-order valence-corrected chi connectivity index (χ4v) is 3.40. The van der Waals surface area contributed by atoms with Gasteiger partial charge < -0.3 is 18.8 Å². The largest absolute Gasteiger partial charge is 0.450 e. The maximum atomic E-state index is 12.4. The summed E-state index contributed by atoms with van der Waals surface area (Å²) in [6.45, 7) is 3.77. The minimum Gasteiger partial charge on any atom is -0.450 e. The number of hydrogen-bond donors (Lipinski definition) is 0. The highest BCUT2D eigenvalue weighted by Gasteiger charge is 2.51. The molecule has 0 spiro atoms. The van der Waals surface area contributed by atoms with Crippen LogP contribution in [0.1, 0.15) is 17.4 Å². The number of likely N-dealkylation sites (tertiary alicyclic amines) is 1. The van der Waals surface area contributed by atoms with Gasteiger partial charge in [-0.05, 0) is 6.92 Å². The van der Waals surface area contributed by atoms with Gasteiger partial charge in [-0.15, -0.1) is 0 Å². The zero-order valence-corrected chi connectivity index (χ0v) is 11.2. The Kier molecular flexibility index (Phi) is 2.60. The molecule has 0 N–H and O–H groups in total. The van der Waals surface area contributed by atoms with Gasteiger partial charge in [-0.25, -0.2) is 0 Å². The van der Waals surface area contributed by atoms with Crippen LogP contribution in [-0.2, 0) is 4.74 Å². The predicted octanol–water partition coefficient (Wildman–Crippen LogP) is 1.10. The molecular weight excluding hydrogens is 260 g/mol. The van der Waals surface area contributed by atoms with Gasteiger partial charge in [0, 0.05) is 24.9 Å². The van der Waals surface area contributed by atoms with E-state index in [1.54, 1.807) is 0 Å². The van der Waals surface area contributed by atoms with Gasteiger partial charge in [0.15, 0.2) is 5.69 Å². The van der Waals surface area contributed by atoms with Crippen LogP contribution in [0.4, 0.5) is 0 Å². The molecule has 3 aliphatic heterocycles. The van der Waals surface area contributed by atoms with E-state index in [0.717, 1.165) is 13.1 Å². The maximum absolute atomic E-state index is 12.4. The zero-order chi connectivity index (χ0) is 13.7. The van der Waals surface area contributed by atoms with Crippen LogP contribution >= 0.6 is 0 Å². The first-order valence-corrected chi connectivity index (χ1v) is 6.97. The quantitative estimate of drug-likeness (QED) is 0.773. The van der Waals surface area contributed by atoms with Crippen molar-refractivity contribution in [2.24, 2.45) is 11.8 Å². The molecule has 1 amide bonds. The fraction of sp³-hybridized carbons (Fsp3) is 0.571. The van der Waals surface area contributed by atoms with E-state index in [0.29, 0.717) is 24.1 Å². The van der Waals surface area contributed by atoms with Crippen LogP contribution in [0.2, 0.25) is 0 Å². The lowest BCUT2D eigenvalue weighted by atomic mass is 9.86. The summed E-state index contributed by atoms with van der Waals surface area (Å²) in [7, 11) is 0. The first-order chi connectivity index (χ1) is 9.76. The van der Waals surface area contributed by atoms with Crippen molar-refractivity contribution in [2.75, 3.05) is 19.7 Å². The molecular formula is C14H16N2O4. The van der Waals surface area contributed by atoms with Gasteiger partial charge in [0.1, 0.15) is 6.26 Å². The highest BCUT2D eigenvalue weighted by Crippen LogP contribution is 2.43. The first-order valence-electron chi connectivity index (χ1n) is 6.97. The van der Waals surface area contributed by atoms with Crippen LogP contribution in [0.25, 0.3) is 0 Å². The van der Waals surface area contributed by atoms with Crippen molar-refractivity contribution < 1.29 is 18.7 Å². The molecule has 1 aromatic rings. The van der Waals surface area contributed by atoms with Crippen molar-refractivity contribution in [3.8, 4) is 6.08 Å². The summed E-state index contributed by atoms with van der Waals surface area (Å²) in [6.07, 6.45) is 6.11. The summed E-state index contributed by atoms with van der Waals surface area (Å²) in [5.74, 6) is 0.757. The molecule has 4 atom stereocenters. The minimum atomic E-state index is -0.0893. The lowest BCUT2D eigenvalue weighted by Crippen LogP contribution is -2.31. The van der Waals surface area contributed by atoms with Gasteiger partial charge >= 0.3 is 6.08 Å². The maximum Gasteiger partial charge on any atom is 0.394 e. The molecule has 1 aromatic heterocycles. The molecule has 106 valence electrons. The number of carbonyl (C=O) groups is 1. The van der Waals surface area contributed by atoms with Crippen LogP contribution in [0.5, 0.6) is 6.08 Å². The van der Waals surface area contributed by atoms with E-state index >= 15 is 0 Å². The Labute approximate surface area is 116 Å². The molecule has 0 radical (unpaired) electrons. The van der Waals surface area contributed by atoms with E-state index in [1.807, 2.05) is 11.8 Å². The van der Waals surface area contributed by atoms with E-state index < -0.39 is 0 Å². The first kappa shape index (κ1) is 12.0. The monoisotopic (exact) mass is 276 g/mol. The standard InChI is InChI=1S/C14H16N2O4/c1-2-18-14-15-10(7-19-14)13(17)16-5-8-9(6-16)12-4-3-11(8)20-12/h3-4,7-9,11-12H,2,5-6H2,1H3. The Hall–Kier alpha value is -1.82. The number of ether oxygens (including phenoxy) is 2. The number of oxazole rings is 1. The number of fused-ring (bicyclic) bond motifs is 5. The third kappa shape index (κ3) is 1.67. The summed E-state index contributed by atoms with van der Waals surface area (Å²) in [6, 6.07) is 0. The van der Waals surface area contributed by atoms with Gasteiger partial charge in [-0.2, -0.15) is 4.98 Å². The number of aromatic nitrogens is 1. The van der Waals surface area contributed by atoms with Gasteiger partial charge in [0.2, 0.25) is 0 Å². The number of hydrogen-bond acceptors (Lipinski definition) is 5. The second kappa shape index (κ2) is 4.34. The summed E-state index contributed by atoms with van der Waals surface area (Å²) in [5.41, 5.74) is 0.314. The molecule has 3 aliphatic rings. The summed E-state index contributed by atoms with van der Waals surface area (Å²) in [4.78, 5) is 18.3. The molecule has 4 rings (SSSR count). The lowest BCUT2D eigenvalue weighted by molar-refractivity contribution is 0.0651. The Morgan fingerprint density at radius 2 is 2.10 bits per heavy atom. The van der Waals surface area contributed by atoms with E-state index in [4.69, 9.17) is 13.9 Å².